The third-order valence-electron chi connectivity index (χ3n) is 5.78. The number of hydrogen-bond acceptors (Lipinski definition) is 7. The van der Waals surface area contributed by atoms with Crippen molar-refractivity contribution in [1.29, 1.82) is 0 Å². The van der Waals surface area contributed by atoms with Crippen LogP contribution >= 0.6 is 0 Å². The number of para-hydroxylation sites is 1. The highest BCUT2D eigenvalue weighted by Crippen LogP contribution is 2.48. The fourth-order valence-corrected chi connectivity index (χ4v) is 4.22. The lowest BCUT2D eigenvalue weighted by atomic mass is 9.84. The Hall–Kier alpha value is -4.59. The van der Waals surface area contributed by atoms with Crippen molar-refractivity contribution in [1.82, 2.24) is 19.6 Å². The number of hydrogen-bond donors (Lipinski definition) is 2. The second-order valence-electron chi connectivity index (χ2n) is 7.71. The van der Waals surface area contributed by atoms with Crippen LogP contribution in [0.5, 0.6) is 28.9 Å². The number of aromatic nitrogens is 4. The lowest BCUT2D eigenvalue weighted by molar-refractivity contribution is 0.414. The van der Waals surface area contributed by atoms with Crippen LogP contribution in [0.2, 0.25) is 0 Å². The van der Waals surface area contributed by atoms with Gasteiger partial charge in [0.1, 0.15) is 29.3 Å². The first-order valence-corrected chi connectivity index (χ1v) is 10.3. The van der Waals surface area contributed by atoms with Gasteiger partial charge in [-0.1, -0.05) is 30.3 Å². The van der Waals surface area contributed by atoms with Crippen LogP contribution in [0.25, 0.3) is 17.0 Å². The summed E-state index contributed by atoms with van der Waals surface area (Å²) in [6.07, 6.45) is 1.53. The summed E-state index contributed by atoms with van der Waals surface area (Å²) in [4.78, 5) is 9.24. The maximum atomic E-state index is 10.3. The molecule has 1 aliphatic heterocycles. The summed E-state index contributed by atoms with van der Waals surface area (Å²) in [7, 11) is 1.63. The molecule has 0 saturated carbocycles. The van der Waals surface area contributed by atoms with E-state index in [0.29, 0.717) is 28.7 Å². The Balaban J connectivity index is 1.60. The van der Waals surface area contributed by atoms with Crippen LogP contribution < -0.4 is 9.47 Å². The van der Waals surface area contributed by atoms with Gasteiger partial charge in [0.15, 0.2) is 11.5 Å². The Morgan fingerprint density at radius 1 is 1.00 bits per heavy atom. The van der Waals surface area contributed by atoms with E-state index in [1.807, 2.05) is 36.4 Å². The smallest absolute Gasteiger partial charge is 0.228 e. The largest absolute Gasteiger partial charge is 0.508 e. The molecule has 8 heteroatoms. The van der Waals surface area contributed by atoms with Crippen molar-refractivity contribution < 1.29 is 19.7 Å². The van der Waals surface area contributed by atoms with Gasteiger partial charge in [0.2, 0.25) is 5.88 Å². The summed E-state index contributed by atoms with van der Waals surface area (Å²) >= 11 is 0. The molecule has 0 fully saturated rings. The summed E-state index contributed by atoms with van der Waals surface area (Å²) in [5, 5.41) is 24.9. The van der Waals surface area contributed by atoms with E-state index < -0.39 is 0 Å². The van der Waals surface area contributed by atoms with Gasteiger partial charge >= 0.3 is 0 Å². The zero-order valence-electron chi connectivity index (χ0n) is 17.5. The van der Waals surface area contributed by atoms with E-state index in [1.165, 1.54) is 6.33 Å². The summed E-state index contributed by atoms with van der Waals surface area (Å²) in [6, 6.07) is 19.8. The normalized spacial score (nSPS) is 14.4. The van der Waals surface area contributed by atoms with Crippen molar-refractivity contribution in [3.8, 4) is 40.3 Å². The number of ether oxygens (including phenoxy) is 2. The van der Waals surface area contributed by atoms with Crippen LogP contribution in [-0.2, 0) is 0 Å². The van der Waals surface area contributed by atoms with Crippen LogP contribution in [0.4, 0.5) is 0 Å². The Morgan fingerprint density at radius 3 is 2.61 bits per heavy atom. The Bertz CT molecular complexity index is 1510. The van der Waals surface area contributed by atoms with E-state index in [4.69, 9.17) is 14.5 Å². The van der Waals surface area contributed by atoms with Crippen molar-refractivity contribution in [2.75, 3.05) is 7.11 Å². The van der Waals surface area contributed by atoms with Gasteiger partial charge in [-0.25, -0.2) is 14.5 Å². The van der Waals surface area contributed by atoms with Gasteiger partial charge in [-0.2, -0.15) is 0 Å². The molecule has 3 aromatic carbocycles. The minimum Gasteiger partial charge on any atom is -0.508 e. The van der Waals surface area contributed by atoms with Gasteiger partial charge in [0.05, 0.1) is 18.2 Å². The molecule has 6 rings (SSSR count). The first-order valence-electron chi connectivity index (χ1n) is 10.3. The molecular weight excluding hydrogens is 420 g/mol. The molecule has 0 aliphatic carbocycles. The van der Waals surface area contributed by atoms with E-state index in [1.54, 1.807) is 42.0 Å². The highest BCUT2D eigenvalue weighted by atomic mass is 16.5. The summed E-state index contributed by atoms with van der Waals surface area (Å²) in [5.41, 5.74) is 3.69. The molecule has 2 aromatic heterocycles. The molecule has 1 atom stereocenters. The van der Waals surface area contributed by atoms with Crippen molar-refractivity contribution >= 4 is 5.65 Å². The lowest BCUT2D eigenvalue weighted by Crippen LogP contribution is -2.15. The van der Waals surface area contributed by atoms with Crippen molar-refractivity contribution in [2.24, 2.45) is 0 Å². The molecule has 0 saturated heterocycles. The highest BCUT2D eigenvalue weighted by Gasteiger charge is 2.33. The minimum absolute atomic E-state index is 0.0963. The van der Waals surface area contributed by atoms with Gasteiger partial charge in [-0.3, -0.25) is 0 Å². The number of rotatable bonds is 3. The maximum Gasteiger partial charge on any atom is 0.228 e. The van der Waals surface area contributed by atoms with Crippen LogP contribution in [0.15, 0.2) is 73.1 Å². The van der Waals surface area contributed by atoms with Crippen LogP contribution in [0.1, 0.15) is 22.6 Å². The van der Waals surface area contributed by atoms with Crippen molar-refractivity contribution in [3.63, 3.8) is 0 Å². The number of nitrogens with zero attached hydrogens (tertiary/aromatic N) is 4. The fraction of sp³-hybridized carbons (Fsp3) is 0.0800. The molecule has 8 nitrogen and oxygen atoms in total. The van der Waals surface area contributed by atoms with E-state index >= 15 is 0 Å². The van der Waals surface area contributed by atoms with Gasteiger partial charge in [0.25, 0.3) is 0 Å². The van der Waals surface area contributed by atoms with E-state index in [0.717, 1.165) is 22.4 Å². The quantitative estimate of drug-likeness (QED) is 0.419. The van der Waals surface area contributed by atoms with Gasteiger partial charge in [0, 0.05) is 17.5 Å². The number of methoxy groups -OCH3 is 1. The average Bonchev–Trinajstić information content (AvgIpc) is 3.27. The lowest BCUT2D eigenvalue weighted by Gasteiger charge is -2.28. The molecular formula is C25H18N4O4. The molecule has 1 aliphatic rings. The average molecular weight is 438 g/mol. The molecule has 5 aromatic rings. The molecule has 3 heterocycles. The Morgan fingerprint density at radius 2 is 1.82 bits per heavy atom. The summed E-state index contributed by atoms with van der Waals surface area (Å²) in [6.45, 7) is 0. The Labute approximate surface area is 188 Å². The van der Waals surface area contributed by atoms with Gasteiger partial charge < -0.3 is 19.7 Å². The van der Waals surface area contributed by atoms with Gasteiger partial charge in [-0.05, 0) is 35.9 Å². The predicted molar refractivity (Wildman–Crippen MR) is 120 cm³/mol. The number of phenolic OH excluding ortho intramolecular Hbond substituents is 2. The molecule has 0 spiro atoms. The third-order valence-corrected chi connectivity index (χ3v) is 5.78. The standard InChI is InChI=1S/C25H18N4O4/c1-32-16-9-6-14(7-10-16)21-18-11-8-15(30)12-20(18)33-25-22(21)24-27-23(28-29(24)13-26-25)17-4-2-3-5-19(17)31/h2-13,21,30-31H,1H3/t21-/m1/s1. The Kier molecular flexibility index (Phi) is 4.19. The fourth-order valence-electron chi connectivity index (χ4n) is 4.22. The predicted octanol–water partition coefficient (Wildman–Crippen LogP) is 4.50. The molecule has 0 amide bonds. The molecule has 0 bridgehead atoms. The topological polar surface area (TPSA) is 102 Å². The van der Waals surface area contributed by atoms with Crippen LogP contribution in [0, 0.1) is 0 Å². The first-order chi connectivity index (χ1) is 16.1. The molecule has 0 unspecified atom stereocenters. The maximum absolute atomic E-state index is 10.3. The van der Waals surface area contributed by atoms with E-state index in [2.05, 4.69) is 10.1 Å². The number of aromatic hydroxyl groups is 2. The van der Waals surface area contributed by atoms with Crippen molar-refractivity contribution in [2.45, 2.75) is 5.92 Å². The minimum atomic E-state index is -0.270. The van der Waals surface area contributed by atoms with E-state index in [9.17, 15) is 10.2 Å². The van der Waals surface area contributed by atoms with E-state index in [-0.39, 0.29) is 17.4 Å². The number of phenols is 2. The monoisotopic (exact) mass is 438 g/mol. The SMILES string of the molecule is COc1ccc([C@@H]2c3ccc(O)cc3Oc3ncn4nc(-c5ccccc5O)nc4c32)cc1. The third kappa shape index (κ3) is 3.03. The summed E-state index contributed by atoms with van der Waals surface area (Å²) < 4.78 is 13.0. The molecule has 2 N–H and O–H groups in total. The van der Waals surface area contributed by atoms with Gasteiger partial charge in [-0.15, -0.1) is 5.10 Å². The first kappa shape index (κ1) is 19.1. The van der Waals surface area contributed by atoms with Crippen LogP contribution in [-0.4, -0.2) is 36.9 Å². The molecule has 33 heavy (non-hydrogen) atoms. The molecule has 0 radical (unpaired) electrons. The zero-order valence-corrected chi connectivity index (χ0v) is 17.5. The number of benzene rings is 3. The second kappa shape index (κ2) is 7.23. The number of fused-ring (bicyclic) bond motifs is 4. The van der Waals surface area contributed by atoms with Crippen molar-refractivity contribution in [3.05, 3.63) is 89.7 Å². The van der Waals surface area contributed by atoms with Crippen LogP contribution in [0.3, 0.4) is 0 Å². The summed E-state index contributed by atoms with van der Waals surface area (Å²) in [5.74, 6) is 1.98. The second-order valence-corrected chi connectivity index (χ2v) is 7.71. The highest BCUT2D eigenvalue weighted by molar-refractivity contribution is 5.70. The molecule has 162 valence electrons. The zero-order chi connectivity index (χ0) is 22.5.